The second-order valence-corrected chi connectivity index (χ2v) is 11.5. The summed E-state index contributed by atoms with van der Waals surface area (Å²) in [7, 11) is 0. The van der Waals surface area contributed by atoms with Crippen LogP contribution in [0.3, 0.4) is 0 Å². The van der Waals surface area contributed by atoms with Crippen LogP contribution in [0.4, 0.5) is 0 Å². The first-order valence-corrected chi connectivity index (χ1v) is 15.1. The lowest BCUT2D eigenvalue weighted by molar-refractivity contribution is 1.42. The Hall–Kier alpha value is -5.79. The third kappa shape index (κ3) is 3.83. The Kier molecular flexibility index (Phi) is 5.57. The number of para-hydroxylation sites is 1. The van der Waals surface area contributed by atoms with Crippen molar-refractivity contribution in [3.05, 3.63) is 164 Å². The Morgan fingerprint density at radius 3 is 1.73 bits per heavy atom. The van der Waals surface area contributed by atoms with Crippen molar-refractivity contribution < 1.29 is 0 Å². The highest BCUT2D eigenvalue weighted by molar-refractivity contribution is 6.20. The highest BCUT2D eigenvalue weighted by atomic mass is 14.7. The predicted molar refractivity (Wildman–Crippen MR) is 185 cm³/mol. The van der Waals surface area contributed by atoms with E-state index >= 15 is 0 Å². The maximum Gasteiger partial charge on any atom is 0.0801 e. The van der Waals surface area contributed by atoms with Crippen LogP contribution in [0.25, 0.3) is 88.6 Å². The highest BCUT2D eigenvalue weighted by Crippen LogP contribution is 2.52. The molecule has 0 radical (unpaired) electrons. The van der Waals surface area contributed by atoms with E-state index in [4.69, 9.17) is 4.98 Å². The summed E-state index contributed by atoms with van der Waals surface area (Å²) in [6.45, 7) is 0. The van der Waals surface area contributed by atoms with Crippen molar-refractivity contribution >= 4 is 21.7 Å². The van der Waals surface area contributed by atoms with Crippen molar-refractivity contribution in [2.75, 3.05) is 0 Å². The summed E-state index contributed by atoms with van der Waals surface area (Å²) >= 11 is 0. The van der Waals surface area contributed by atoms with Gasteiger partial charge in [0.15, 0.2) is 0 Å². The molecule has 0 spiro atoms. The molecule has 1 heterocycles. The number of aromatic nitrogens is 1. The van der Waals surface area contributed by atoms with Gasteiger partial charge in [-0.25, -0.2) is 4.98 Å². The number of hydrogen-bond acceptors (Lipinski definition) is 1. The molecule has 0 unspecified atom stereocenters. The van der Waals surface area contributed by atoms with Gasteiger partial charge in [-0.15, -0.1) is 0 Å². The summed E-state index contributed by atoms with van der Waals surface area (Å²) < 4.78 is 0. The van der Waals surface area contributed by atoms with Gasteiger partial charge in [-0.1, -0.05) is 152 Å². The van der Waals surface area contributed by atoms with E-state index < -0.39 is 0 Å². The Morgan fingerprint density at radius 1 is 0.341 bits per heavy atom. The number of nitrogens with zero attached hydrogens (tertiary/aromatic N) is 1. The van der Waals surface area contributed by atoms with Crippen molar-refractivity contribution in [3.8, 4) is 66.9 Å². The quantitative estimate of drug-likeness (QED) is 0.210. The number of benzene rings is 7. The summed E-state index contributed by atoms with van der Waals surface area (Å²) in [5, 5.41) is 3.74. The third-order valence-electron chi connectivity index (χ3n) is 9.02. The summed E-state index contributed by atoms with van der Waals surface area (Å²) in [5.74, 6) is 0. The van der Waals surface area contributed by atoms with E-state index in [0.717, 1.165) is 11.2 Å². The van der Waals surface area contributed by atoms with E-state index in [1.54, 1.807) is 0 Å². The molecule has 1 nitrogen and oxygen atoms in total. The van der Waals surface area contributed by atoms with Gasteiger partial charge in [0.2, 0.25) is 0 Å². The van der Waals surface area contributed by atoms with Crippen LogP contribution in [0.5, 0.6) is 0 Å². The minimum absolute atomic E-state index is 1.03. The van der Waals surface area contributed by atoms with Crippen LogP contribution < -0.4 is 0 Å². The molecule has 7 aromatic carbocycles. The first-order valence-electron chi connectivity index (χ1n) is 15.1. The molecule has 0 saturated carbocycles. The number of hydrogen-bond donors (Lipinski definition) is 0. The zero-order chi connectivity index (χ0) is 29.0. The average Bonchev–Trinajstić information content (AvgIpc) is 3.42. The normalized spacial score (nSPS) is 11.6. The molecule has 44 heavy (non-hydrogen) atoms. The van der Waals surface area contributed by atoms with E-state index in [2.05, 4.69) is 164 Å². The van der Waals surface area contributed by atoms with Crippen molar-refractivity contribution in [2.24, 2.45) is 0 Å². The predicted octanol–water partition coefficient (Wildman–Crippen LogP) is 11.7. The standard InChI is InChI=1S/C43H27N/c1-3-11-28(12-4-1)33-25-26-34(38(27-33)29-13-5-2-6-14-29)30-21-23-32(24-22-30)41-35-17-7-8-20-39(35)44-43-37-19-10-16-31-15-9-18-36(40(31)37)42(41)43/h1-27H. The van der Waals surface area contributed by atoms with Gasteiger partial charge in [0.25, 0.3) is 0 Å². The molecular weight excluding hydrogens is 530 g/mol. The number of fused-ring (bicyclic) bond motifs is 4. The van der Waals surface area contributed by atoms with Gasteiger partial charge in [-0.3, -0.25) is 0 Å². The first-order chi connectivity index (χ1) is 21.8. The third-order valence-corrected chi connectivity index (χ3v) is 9.02. The minimum atomic E-state index is 1.03. The van der Waals surface area contributed by atoms with Crippen LogP contribution in [0.1, 0.15) is 0 Å². The van der Waals surface area contributed by atoms with Crippen molar-refractivity contribution in [2.45, 2.75) is 0 Å². The van der Waals surface area contributed by atoms with Crippen LogP contribution in [0.15, 0.2) is 164 Å². The van der Waals surface area contributed by atoms with Crippen LogP contribution in [-0.4, -0.2) is 4.98 Å². The fraction of sp³-hybridized carbons (Fsp3) is 0. The minimum Gasteiger partial charge on any atom is -0.247 e. The molecule has 204 valence electrons. The fourth-order valence-electron chi connectivity index (χ4n) is 6.99. The van der Waals surface area contributed by atoms with E-state index in [9.17, 15) is 0 Å². The Balaban J connectivity index is 1.23. The summed E-state index contributed by atoms with van der Waals surface area (Å²) in [4.78, 5) is 5.23. The second kappa shape index (κ2) is 9.90. The Bertz CT molecular complexity index is 2350. The van der Waals surface area contributed by atoms with Gasteiger partial charge in [-0.05, 0) is 67.4 Å². The van der Waals surface area contributed by atoms with Gasteiger partial charge in [-0.2, -0.15) is 0 Å². The molecule has 0 bridgehead atoms. The molecule has 0 atom stereocenters. The Morgan fingerprint density at radius 2 is 0.955 bits per heavy atom. The SMILES string of the molecule is c1ccc(-c2ccc(-c3ccc(-c4c5c(nc6ccccc46)-c4cccc6cccc-5c46)cc3)c(-c3ccccc3)c2)cc1. The van der Waals surface area contributed by atoms with Gasteiger partial charge < -0.3 is 0 Å². The highest BCUT2D eigenvalue weighted by Gasteiger charge is 2.27. The summed E-state index contributed by atoms with van der Waals surface area (Å²) in [6, 6.07) is 59.1. The lowest BCUT2D eigenvalue weighted by atomic mass is 9.88. The Labute approximate surface area is 256 Å². The summed E-state index contributed by atoms with van der Waals surface area (Å²) in [5.41, 5.74) is 15.6. The maximum atomic E-state index is 5.23. The molecule has 9 rings (SSSR count). The van der Waals surface area contributed by atoms with Gasteiger partial charge in [0.1, 0.15) is 0 Å². The van der Waals surface area contributed by atoms with Crippen molar-refractivity contribution in [1.82, 2.24) is 4.98 Å². The zero-order valence-electron chi connectivity index (χ0n) is 24.0. The summed E-state index contributed by atoms with van der Waals surface area (Å²) in [6.07, 6.45) is 0. The largest absolute Gasteiger partial charge is 0.247 e. The molecule has 1 aliphatic carbocycles. The molecule has 0 saturated heterocycles. The molecule has 0 amide bonds. The van der Waals surface area contributed by atoms with Crippen LogP contribution >= 0.6 is 0 Å². The van der Waals surface area contributed by atoms with E-state index in [1.807, 2.05) is 0 Å². The smallest absolute Gasteiger partial charge is 0.0801 e. The molecule has 8 aromatic rings. The number of pyridine rings is 1. The van der Waals surface area contributed by atoms with E-state index in [1.165, 1.54) is 77.4 Å². The maximum absolute atomic E-state index is 5.23. The van der Waals surface area contributed by atoms with Crippen molar-refractivity contribution in [1.29, 1.82) is 0 Å². The second-order valence-electron chi connectivity index (χ2n) is 11.5. The first kappa shape index (κ1) is 24.8. The van der Waals surface area contributed by atoms with Crippen LogP contribution in [0.2, 0.25) is 0 Å². The van der Waals surface area contributed by atoms with Crippen LogP contribution in [-0.2, 0) is 0 Å². The zero-order valence-corrected chi connectivity index (χ0v) is 24.0. The lowest BCUT2D eigenvalue weighted by Crippen LogP contribution is -1.92. The number of rotatable bonds is 4. The average molecular weight is 558 g/mol. The molecular formula is C43H27N. The van der Waals surface area contributed by atoms with Crippen LogP contribution in [0, 0.1) is 0 Å². The lowest BCUT2D eigenvalue weighted by Gasteiger charge is -2.16. The van der Waals surface area contributed by atoms with Gasteiger partial charge >= 0.3 is 0 Å². The molecule has 0 aliphatic heterocycles. The van der Waals surface area contributed by atoms with Gasteiger partial charge in [0.05, 0.1) is 11.2 Å². The van der Waals surface area contributed by atoms with E-state index in [-0.39, 0.29) is 0 Å². The molecule has 0 fully saturated rings. The topological polar surface area (TPSA) is 12.9 Å². The molecule has 1 heteroatoms. The molecule has 1 aromatic heterocycles. The van der Waals surface area contributed by atoms with E-state index in [0.29, 0.717) is 0 Å². The monoisotopic (exact) mass is 557 g/mol. The van der Waals surface area contributed by atoms with Gasteiger partial charge in [0, 0.05) is 22.1 Å². The molecule has 1 aliphatic rings. The fourth-order valence-corrected chi connectivity index (χ4v) is 6.99. The molecule has 0 N–H and O–H groups in total. The van der Waals surface area contributed by atoms with Crippen molar-refractivity contribution in [3.63, 3.8) is 0 Å².